The van der Waals surface area contributed by atoms with Crippen LogP contribution in [0.4, 0.5) is 4.39 Å². The predicted octanol–water partition coefficient (Wildman–Crippen LogP) is 2.77. The van der Waals surface area contributed by atoms with Crippen LogP contribution in [0.25, 0.3) is 0 Å². The second-order valence-electron chi connectivity index (χ2n) is 4.31. The van der Waals surface area contributed by atoms with Crippen LogP contribution in [0.1, 0.15) is 21.5 Å². The Balaban J connectivity index is 2.01. The van der Waals surface area contributed by atoms with Gasteiger partial charge < -0.3 is 10.4 Å². The number of aryl methyl sites for hydroxylation is 1. The van der Waals surface area contributed by atoms with Crippen LogP contribution >= 0.6 is 0 Å². The van der Waals surface area contributed by atoms with E-state index in [0.717, 1.165) is 5.56 Å². The molecule has 3 nitrogen and oxygen atoms in total. The number of hydrogen-bond donors (Lipinski definition) is 2. The van der Waals surface area contributed by atoms with E-state index < -0.39 is 5.82 Å². The summed E-state index contributed by atoms with van der Waals surface area (Å²) in [5.41, 5.74) is 1.66. The number of phenols is 1. The molecule has 1 amide bonds. The normalized spacial score (nSPS) is 10.2. The largest absolute Gasteiger partial charge is 0.508 e. The smallest absolute Gasteiger partial charge is 0.251 e. The lowest BCUT2D eigenvalue weighted by atomic mass is 10.1. The van der Waals surface area contributed by atoms with Gasteiger partial charge in [-0.1, -0.05) is 18.2 Å². The number of amides is 1. The number of aromatic hydroxyl groups is 1. The summed E-state index contributed by atoms with van der Waals surface area (Å²) in [7, 11) is 0. The molecule has 2 rings (SSSR count). The fraction of sp³-hybridized carbons (Fsp3) is 0.133. The van der Waals surface area contributed by atoms with E-state index in [4.69, 9.17) is 5.11 Å². The first-order chi connectivity index (χ1) is 9.06. The highest BCUT2D eigenvalue weighted by atomic mass is 19.1. The van der Waals surface area contributed by atoms with E-state index in [0.29, 0.717) is 17.7 Å². The van der Waals surface area contributed by atoms with E-state index >= 15 is 0 Å². The molecule has 0 spiro atoms. The van der Waals surface area contributed by atoms with Crippen LogP contribution in [0.3, 0.4) is 0 Å². The lowest BCUT2D eigenvalue weighted by Crippen LogP contribution is -2.22. The summed E-state index contributed by atoms with van der Waals surface area (Å²) in [6.45, 7) is 1.97. The van der Waals surface area contributed by atoms with Crippen molar-refractivity contribution >= 4 is 5.91 Å². The van der Waals surface area contributed by atoms with Gasteiger partial charge in [-0.3, -0.25) is 4.79 Å². The van der Waals surface area contributed by atoms with Crippen molar-refractivity contribution in [2.75, 3.05) is 0 Å². The van der Waals surface area contributed by atoms with Gasteiger partial charge in [0.1, 0.15) is 11.6 Å². The molecular weight excluding hydrogens is 245 g/mol. The Morgan fingerprint density at radius 3 is 2.53 bits per heavy atom. The van der Waals surface area contributed by atoms with Gasteiger partial charge in [-0.15, -0.1) is 0 Å². The summed E-state index contributed by atoms with van der Waals surface area (Å²) >= 11 is 0. The third-order valence-electron chi connectivity index (χ3n) is 2.82. The Morgan fingerprint density at radius 2 is 1.89 bits per heavy atom. The average Bonchev–Trinajstić information content (AvgIpc) is 2.41. The Hall–Kier alpha value is -2.36. The van der Waals surface area contributed by atoms with Crippen molar-refractivity contribution in [3.63, 3.8) is 0 Å². The molecule has 0 bridgehead atoms. The van der Waals surface area contributed by atoms with Gasteiger partial charge in [-0.25, -0.2) is 4.39 Å². The molecule has 19 heavy (non-hydrogen) atoms. The topological polar surface area (TPSA) is 49.3 Å². The van der Waals surface area contributed by atoms with Crippen molar-refractivity contribution in [1.29, 1.82) is 0 Å². The van der Waals surface area contributed by atoms with Crippen molar-refractivity contribution in [2.45, 2.75) is 13.5 Å². The van der Waals surface area contributed by atoms with Gasteiger partial charge in [0.25, 0.3) is 5.91 Å². The molecule has 0 unspecified atom stereocenters. The van der Waals surface area contributed by atoms with Crippen LogP contribution in [-0.4, -0.2) is 11.0 Å². The maximum absolute atomic E-state index is 13.3. The Morgan fingerprint density at radius 1 is 1.21 bits per heavy atom. The number of carbonyl (C=O) groups excluding carboxylic acids is 1. The highest BCUT2D eigenvalue weighted by molar-refractivity contribution is 5.94. The van der Waals surface area contributed by atoms with Crippen molar-refractivity contribution in [3.05, 3.63) is 65.0 Å². The highest BCUT2D eigenvalue weighted by Gasteiger charge is 2.07. The molecule has 0 saturated heterocycles. The SMILES string of the molecule is Cc1ccc(C(=O)NCc2ccc(O)cc2)cc1F. The Kier molecular flexibility index (Phi) is 3.80. The van der Waals surface area contributed by atoms with Gasteiger partial charge in [0, 0.05) is 12.1 Å². The molecule has 0 aliphatic heterocycles. The van der Waals surface area contributed by atoms with E-state index in [1.165, 1.54) is 6.07 Å². The first-order valence-corrected chi connectivity index (χ1v) is 5.88. The zero-order valence-electron chi connectivity index (χ0n) is 10.5. The molecule has 0 heterocycles. The lowest BCUT2D eigenvalue weighted by molar-refractivity contribution is 0.0950. The molecular formula is C15H14FNO2. The minimum Gasteiger partial charge on any atom is -0.508 e. The van der Waals surface area contributed by atoms with E-state index in [9.17, 15) is 9.18 Å². The van der Waals surface area contributed by atoms with Crippen molar-refractivity contribution < 1.29 is 14.3 Å². The van der Waals surface area contributed by atoms with E-state index in [1.807, 2.05) is 0 Å². The minimum atomic E-state index is -0.391. The van der Waals surface area contributed by atoms with Crippen LogP contribution in [0.2, 0.25) is 0 Å². The molecule has 0 aromatic heterocycles. The standard InChI is InChI=1S/C15H14FNO2/c1-10-2-5-12(8-14(10)16)15(19)17-9-11-3-6-13(18)7-4-11/h2-8,18H,9H2,1H3,(H,17,19). The maximum Gasteiger partial charge on any atom is 0.251 e. The fourth-order valence-corrected chi connectivity index (χ4v) is 1.63. The van der Waals surface area contributed by atoms with Gasteiger partial charge >= 0.3 is 0 Å². The molecule has 0 atom stereocenters. The molecule has 0 aliphatic carbocycles. The zero-order chi connectivity index (χ0) is 13.8. The minimum absolute atomic E-state index is 0.177. The molecule has 0 radical (unpaired) electrons. The van der Waals surface area contributed by atoms with Crippen LogP contribution in [0.5, 0.6) is 5.75 Å². The Bertz CT molecular complexity index is 594. The number of phenolic OH excluding ortho intramolecular Hbond substituents is 1. The third kappa shape index (κ3) is 3.31. The van der Waals surface area contributed by atoms with Crippen molar-refractivity contribution in [2.24, 2.45) is 0 Å². The first-order valence-electron chi connectivity index (χ1n) is 5.88. The van der Waals surface area contributed by atoms with Gasteiger partial charge in [-0.05, 0) is 42.3 Å². The van der Waals surface area contributed by atoms with Gasteiger partial charge in [0.05, 0.1) is 0 Å². The summed E-state index contributed by atoms with van der Waals surface area (Å²) in [5, 5.41) is 11.8. The van der Waals surface area contributed by atoms with Crippen molar-refractivity contribution in [3.8, 4) is 5.75 Å². The number of halogens is 1. The molecule has 2 aromatic rings. The fourth-order valence-electron chi connectivity index (χ4n) is 1.63. The number of hydrogen-bond acceptors (Lipinski definition) is 2. The van der Waals surface area contributed by atoms with E-state index in [-0.39, 0.29) is 11.7 Å². The summed E-state index contributed by atoms with van der Waals surface area (Å²) in [6.07, 6.45) is 0. The number of carbonyl (C=O) groups is 1. The second kappa shape index (κ2) is 5.52. The molecule has 4 heteroatoms. The quantitative estimate of drug-likeness (QED) is 0.890. The lowest BCUT2D eigenvalue weighted by Gasteiger charge is -2.06. The summed E-state index contributed by atoms with van der Waals surface area (Å²) < 4.78 is 13.3. The molecule has 0 saturated carbocycles. The number of benzene rings is 2. The molecule has 0 aliphatic rings. The van der Waals surface area contributed by atoms with Gasteiger partial charge in [0.15, 0.2) is 0 Å². The van der Waals surface area contributed by atoms with Crippen LogP contribution in [-0.2, 0) is 6.54 Å². The first kappa shape index (κ1) is 13.1. The van der Waals surface area contributed by atoms with Crippen LogP contribution < -0.4 is 5.32 Å². The Labute approximate surface area is 110 Å². The number of nitrogens with one attached hydrogen (secondary N) is 1. The summed E-state index contributed by atoms with van der Waals surface area (Å²) in [6, 6.07) is 10.9. The maximum atomic E-state index is 13.3. The van der Waals surface area contributed by atoms with E-state index in [2.05, 4.69) is 5.32 Å². The molecule has 0 fully saturated rings. The van der Waals surface area contributed by atoms with Crippen molar-refractivity contribution in [1.82, 2.24) is 5.32 Å². The average molecular weight is 259 g/mol. The van der Waals surface area contributed by atoms with Crippen LogP contribution in [0.15, 0.2) is 42.5 Å². The van der Waals surface area contributed by atoms with E-state index in [1.54, 1.807) is 43.3 Å². The number of rotatable bonds is 3. The predicted molar refractivity (Wildman–Crippen MR) is 70.4 cm³/mol. The van der Waals surface area contributed by atoms with Gasteiger partial charge in [-0.2, -0.15) is 0 Å². The third-order valence-corrected chi connectivity index (χ3v) is 2.82. The zero-order valence-corrected chi connectivity index (χ0v) is 10.5. The summed E-state index contributed by atoms with van der Waals surface area (Å²) in [4.78, 5) is 11.8. The molecule has 2 aromatic carbocycles. The highest BCUT2D eigenvalue weighted by Crippen LogP contribution is 2.11. The monoisotopic (exact) mass is 259 g/mol. The van der Waals surface area contributed by atoms with Gasteiger partial charge in [0.2, 0.25) is 0 Å². The molecule has 98 valence electrons. The second-order valence-corrected chi connectivity index (χ2v) is 4.31. The molecule has 2 N–H and O–H groups in total. The van der Waals surface area contributed by atoms with Crippen LogP contribution in [0, 0.1) is 12.7 Å². The summed E-state index contributed by atoms with van der Waals surface area (Å²) in [5.74, 6) is -0.542.